The Bertz CT molecular complexity index is 341. The van der Waals surface area contributed by atoms with Crippen molar-refractivity contribution in [2.75, 3.05) is 46.4 Å². The fourth-order valence-electron chi connectivity index (χ4n) is 2.63. The van der Waals surface area contributed by atoms with Gasteiger partial charge < -0.3 is 15.4 Å². The van der Waals surface area contributed by atoms with E-state index in [1.54, 1.807) is 0 Å². The number of nitrogens with zero attached hydrogens (tertiary/aromatic N) is 2. The van der Waals surface area contributed by atoms with Gasteiger partial charge in [-0.1, -0.05) is 20.8 Å². The highest BCUT2D eigenvalue weighted by Gasteiger charge is 2.28. The molecule has 0 aromatic carbocycles. The maximum Gasteiger partial charge on any atom is 0.191 e. The van der Waals surface area contributed by atoms with Crippen LogP contribution in [0.3, 0.4) is 0 Å². The minimum absolute atomic E-state index is 0.104. The second-order valence-electron chi connectivity index (χ2n) is 7.93. The van der Waals surface area contributed by atoms with E-state index in [-0.39, 0.29) is 5.54 Å². The Morgan fingerprint density at radius 3 is 2.27 bits per heavy atom. The van der Waals surface area contributed by atoms with Crippen LogP contribution in [0.15, 0.2) is 4.99 Å². The van der Waals surface area contributed by atoms with Gasteiger partial charge in [-0.25, -0.2) is 0 Å². The molecule has 5 nitrogen and oxygen atoms in total. The molecule has 1 aliphatic rings. The minimum atomic E-state index is 0.104. The molecule has 2 N–H and O–H groups in total. The molecule has 1 heterocycles. The van der Waals surface area contributed by atoms with Gasteiger partial charge in [0.25, 0.3) is 0 Å². The van der Waals surface area contributed by atoms with Gasteiger partial charge in [-0.2, -0.15) is 0 Å². The Balaban J connectivity index is 2.30. The fraction of sp³-hybridized carbons (Fsp3) is 0.941. The molecule has 0 saturated carbocycles. The summed E-state index contributed by atoms with van der Waals surface area (Å²) in [5.41, 5.74) is 0.504. The number of guanidine groups is 1. The number of nitrogens with one attached hydrogen (secondary N) is 2. The van der Waals surface area contributed by atoms with E-state index in [0.717, 1.165) is 51.8 Å². The lowest BCUT2D eigenvalue weighted by Crippen LogP contribution is -2.56. The molecule has 1 saturated heterocycles. The molecule has 0 aromatic heterocycles. The standard InChI is InChI=1S/C17H36N4O/c1-16(2,3)8-7-9-19-15(18-6)20-14-17(4,5)21-10-12-22-13-11-21/h7-14H2,1-6H3,(H2,18,19,20). The summed E-state index contributed by atoms with van der Waals surface area (Å²) in [5, 5.41) is 6.87. The number of rotatable bonds is 6. The first-order chi connectivity index (χ1) is 10.2. The zero-order valence-electron chi connectivity index (χ0n) is 15.5. The summed E-state index contributed by atoms with van der Waals surface area (Å²) in [6.07, 6.45) is 2.38. The van der Waals surface area contributed by atoms with Gasteiger partial charge in [0.05, 0.1) is 13.2 Å². The second kappa shape index (κ2) is 8.73. The number of morpholine rings is 1. The number of ether oxygens (including phenoxy) is 1. The van der Waals surface area contributed by atoms with Crippen LogP contribution in [0, 0.1) is 5.41 Å². The van der Waals surface area contributed by atoms with Crippen LogP contribution in [0.5, 0.6) is 0 Å². The molecule has 0 aliphatic carbocycles. The lowest BCUT2D eigenvalue weighted by Gasteiger charge is -2.41. The van der Waals surface area contributed by atoms with E-state index >= 15 is 0 Å². The molecule has 0 amide bonds. The fourth-order valence-corrected chi connectivity index (χ4v) is 2.63. The maximum atomic E-state index is 5.44. The van der Waals surface area contributed by atoms with E-state index < -0.39 is 0 Å². The van der Waals surface area contributed by atoms with E-state index in [1.165, 1.54) is 6.42 Å². The van der Waals surface area contributed by atoms with Gasteiger partial charge >= 0.3 is 0 Å². The quantitative estimate of drug-likeness (QED) is 0.448. The summed E-state index contributed by atoms with van der Waals surface area (Å²) in [7, 11) is 1.83. The van der Waals surface area contributed by atoms with E-state index in [9.17, 15) is 0 Å². The van der Waals surface area contributed by atoms with Crippen LogP contribution in [0.25, 0.3) is 0 Å². The van der Waals surface area contributed by atoms with Crippen LogP contribution < -0.4 is 10.6 Å². The van der Waals surface area contributed by atoms with Crippen molar-refractivity contribution in [3.8, 4) is 0 Å². The van der Waals surface area contributed by atoms with Crippen LogP contribution in [-0.2, 0) is 4.74 Å². The normalized spacial score (nSPS) is 18.4. The lowest BCUT2D eigenvalue weighted by atomic mass is 9.91. The van der Waals surface area contributed by atoms with E-state index in [2.05, 4.69) is 55.1 Å². The summed E-state index contributed by atoms with van der Waals surface area (Å²) in [6, 6.07) is 0. The van der Waals surface area contributed by atoms with Gasteiger partial charge in [0.2, 0.25) is 0 Å². The number of aliphatic imine (C=N–C) groups is 1. The topological polar surface area (TPSA) is 48.9 Å². The van der Waals surface area contributed by atoms with Crippen molar-refractivity contribution in [1.82, 2.24) is 15.5 Å². The zero-order valence-corrected chi connectivity index (χ0v) is 15.5. The number of hydrogen-bond donors (Lipinski definition) is 2. The van der Waals surface area contributed by atoms with E-state index in [0.29, 0.717) is 5.41 Å². The predicted octanol–water partition coefficient (Wildman–Crippen LogP) is 2.09. The molecule has 0 spiro atoms. The third-order valence-electron chi connectivity index (χ3n) is 4.18. The summed E-state index contributed by atoms with van der Waals surface area (Å²) >= 11 is 0. The molecule has 1 fully saturated rings. The monoisotopic (exact) mass is 312 g/mol. The predicted molar refractivity (Wildman–Crippen MR) is 94.5 cm³/mol. The van der Waals surface area contributed by atoms with Crippen molar-refractivity contribution in [1.29, 1.82) is 0 Å². The van der Waals surface area contributed by atoms with Crippen LogP contribution in [0.1, 0.15) is 47.5 Å². The summed E-state index contributed by atoms with van der Waals surface area (Å²) in [6.45, 7) is 16.9. The molecule has 0 atom stereocenters. The smallest absolute Gasteiger partial charge is 0.191 e. The van der Waals surface area contributed by atoms with Gasteiger partial charge in [-0.3, -0.25) is 9.89 Å². The van der Waals surface area contributed by atoms with Crippen LogP contribution in [0.4, 0.5) is 0 Å². The molecule has 1 aliphatic heterocycles. The molecule has 22 heavy (non-hydrogen) atoms. The van der Waals surface area contributed by atoms with Crippen LogP contribution in [0.2, 0.25) is 0 Å². The second-order valence-corrected chi connectivity index (χ2v) is 7.93. The summed E-state index contributed by atoms with van der Waals surface area (Å²) < 4.78 is 5.44. The largest absolute Gasteiger partial charge is 0.379 e. The Morgan fingerprint density at radius 2 is 1.73 bits per heavy atom. The minimum Gasteiger partial charge on any atom is -0.379 e. The number of hydrogen-bond acceptors (Lipinski definition) is 3. The SMILES string of the molecule is CN=C(NCCCC(C)(C)C)NCC(C)(C)N1CCOCC1. The van der Waals surface area contributed by atoms with Crippen molar-refractivity contribution >= 4 is 5.96 Å². The third kappa shape index (κ3) is 7.45. The molecule has 5 heteroatoms. The van der Waals surface area contributed by atoms with Crippen molar-refractivity contribution < 1.29 is 4.74 Å². The average Bonchev–Trinajstić information content (AvgIpc) is 2.46. The molecule has 0 aromatic rings. The van der Waals surface area contributed by atoms with Crippen molar-refractivity contribution in [2.24, 2.45) is 10.4 Å². The van der Waals surface area contributed by atoms with E-state index in [1.807, 2.05) is 7.05 Å². The lowest BCUT2D eigenvalue weighted by molar-refractivity contribution is -0.00833. The molecule has 0 bridgehead atoms. The molecule has 130 valence electrons. The highest BCUT2D eigenvalue weighted by atomic mass is 16.5. The van der Waals surface area contributed by atoms with Crippen molar-refractivity contribution in [2.45, 2.75) is 53.0 Å². The van der Waals surface area contributed by atoms with Crippen molar-refractivity contribution in [3.05, 3.63) is 0 Å². The molecule has 0 unspecified atom stereocenters. The maximum absolute atomic E-state index is 5.44. The first-order valence-corrected chi connectivity index (χ1v) is 8.52. The molecular formula is C17H36N4O. The first kappa shape index (κ1) is 19.2. The van der Waals surface area contributed by atoms with Crippen molar-refractivity contribution in [3.63, 3.8) is 0 Å². The third-order valence-corrected chi connectivity index (χ3v) is 4.18. The molecular weight excluding hydrogens is 276 g/mol. The van der Waals surface area contributed by atoms with Gasteiger partial charge in [-0.05, 0) is 32.1 Å². The Hall–Kier alpha value is -0.810. The molecule has 0 radical (unpaired) electrons. The highest BCUT2D eigenvalue weighted by molar-refractivity contribution is 5.79. The molecule has 1 rings (SSSR count). The summed E-state index contributed by atoms with van der Waals surface area (Å²) in [5.74, 6) is 0.898. The summed E-state index contributed by atoms with van der Waals surface area (Å²) in [4.78, 5) is 6.80. The van der Waals surface area contributed by atoms with E-state index in [4.69, 9.17) is 4.74 Å². The Morgan fingerprint density at radius 1 is 1.09 bits per heavy atom. The zero-order chi connectivity index (χ0) is 16.6. The highest BCUT2D eigenvalue weighted by Crippen LogP contribution is 2.19. The van der Waals surface area contributed by atoms with Gasteiger partial charge in [0.1, 0.15) is 0 Å². The Labute approximate surface area is 136 Å². The van der Waals surface area contributed by atoms with Gasteiger partial charge in [0, 0.05) is 38.8 Å². The Kier molecular flexibility index (Phi) is 7.63. The van der Waals surface area contributed by atoms with Gasteiger partial charge in [-0.15, -0.1) is 0 Å². The first-order valence-electron chi connectivity index (χ1n) is 8.52. The van der Waals surface area contributed by atoms with Crippen LogP contribution >= 0.6 is 0 Å². The average molecular weight is 313 g/mol. The van der Waals surface area contributed by atoms with Gasteiger partial charge in [0.15, 0.2) is 5.96 Å². The van der Waals surface area contributed by atoms with Crippen LogP contribution in [-0.4, -0.2) is 62.8 Å².